The second-order valence-electron chi connectivity index (χ2n) is 6.17. The van der Waals surface area contributed by atoms with Gasteiger partial charge in [0.15, 0.2) is 0 Å². The topological polar surface area (TPSA) is 32.5 Å². The smallest absolute Gasteiger partial charge is 0.146 e. The van der Waals surface area contributed by atoms with E-state index < -0.39 is 0 Å². The maximum absolute atomic E-state index is 14.3. The summed E-state index contributed by atoms with van der Waals surface area (Å²) in [6.07, 6.45) is 3.02. The van der Waals surface area contributed by atoms with Crippen molar-refractivity contribution in [3.05, 3.63) is 29.6 Å². The summed E-state index contributed by atoms with van der Waals surface area (Å²) in [4.78, 5) is 4.40. The first kappa shape index (κ1) is 15.3. The predicted octanol–water partition coefficient (Wildman–Crippen LogP) is 2.25. The summed E-state index contributed by atoms with van der Waals surface area (Å²) >= 11 is 0. The highest BCUT2D eigenvalue weighted by Crippen LogP contribution is 2.25. The minimum absolute atomic E-state index is 0.0633. The third-order valence-corrected chi connectivity index (χ3v) is 4.04. The number of benzene rings is 1. The van der Waals surface area contributed by atoms with E-state index in [1.165, 1.54) is 6.42 Å². The highest BCUT2D eigenvalue weighted by Gasteiger charge is 2.23. The molecule has 0 aromatic heterocycles. The molecule has 1 heterocycles. The van der Waals surface area contributed by atoms with Gasteiger partial charge in [-0.1, -0.05) is 6.07 Å². The van der Waals surface area contributed by atoms with E-state index in [0.29, 0.717) is 6.04 Å². The van der Waals surface area contributed by atoms with Gasteiger partial charge in [-0.05, 0) is 58.0 Å². The van der Waals surface area contributed by atoms with Crippen LogP contribution in [-0.4, -0.2) is 44.2 Å². The number of likely N-dealkylation sites (N-methyl/N-ethyl adjacent to an activating group) is 1. The molecule has 20 heavy (non-hydrogen) atoms. The standard InChI is InChI=1S/C16H26FN3/c1-12(18)9-13-6-7-16(15(17)10-13)20-8-4-5-14(11-20)19(2)3/h6-7,10,12,14H,4-5,8-9,11,18H2,1-3H3. The van der Waals surface area contributed by atoms with E-state index in [0.717, 1.165) is 37.2 Å². The molecule has 0 aliphatic carbocycles. The van der Waals surface area contributed by atoms with E-state index in [-0.39, 0.29) is 11.9 Å². The Hall–Kier alpha value is -1.13. The molecule has 0 amide bonds. The third-order valence-electron chi connectivity index (χ3n) is 4.04. The number of hydrogen-bond acceptors (Lipinski definition) is 3. The maximum atomic E-state index is 14.3. The third kappa shape index (κ3) is 3.70. The predicted molar refractivity (Wildman–Crippen MR) is 82.7 cm³/mol. The van der Waals surface area contributed by atoms with E-state index in [1.807, 2.05) is 19.1 Å². The van der Waals surface area contributed by atoms with Gasteiger partial charge in [-0.2, -0.15) is 0 Å². The van der Waals surface area contributed by atoms with Crippen molar-refractivity contribution in [3.63, 3.8) is 0 Å². The second kappa shape index (κ2) is 6.55. The molecular formula is C16H26FN3. The number of anilines is 1. The van der Waals surface area contributed by atoms with Crippen molar-refractivity contribution in [1.29, 1.82) is 0 Å². The zero-order valence-corrected chi connectivity index (χ0v) is 12.8. The number of nitrogens with two attached hydrogens (primary N) is 1. The van der Waals surface area contributed by atoms with Crippen LogP contribution >= 0.6 is 0 Å². The Kier molecular flexibility index (Phi) is 5.00. The zero-order chi connectivity index (χ0) is 14.7. The SMILES string of the molecule is CC(N)Cc1ccc(N2CCCC(N(C)C)C2)c(F)c1. The fourth-order valence-electron chi connectivity index (χ4n) is 2.90. The summed E-state index contributed by atoms with van der Waals surface area (Å²) in [7, 11) is 4.19. The van der Waals surface area contributed by atoms with Gasteiger partial charge < -0.3 is 15.5 Å². The van der Waals surface area contributed by atoms with Gasteiger partial charge in [-0.25, -0.2) is 4.39 Å². The molecule has 2 rings (SSSR count). The Balaban J connectivity index is 2.12. The molecule has 1 fully saturated rings. The molecule has 1 saturated heterocycles. The summed E-state index contributed by atoms with van der Waals surface area (Å²) in [5.74, 6) is -0.123. The molecule has 4 heteroatoms. The minimum Gasteiger partial charge on any atom is -0.368 e. The van der Waals surface area contributed by atoms with Crippen molar-refractivity contribution in [2.24, 2.45) is 5.73 Å². The molecule has 2 N–H and O–H groups in total. The summed E-state index contributed by atoms with van der Waals surface area (Å²) in [5.41, 5.74) is 7.47. The van der Waals surface area contributed by atoms with Gasteiger partial charge in [-0.15, -0.1) is 0 Å². The number of halogens is 1. The fraction of sp³-hybridized carbons (Fsp3) is 0.625. The molecule has 1 aliphatic heterocycles. The number of hydrogen-bond donors (Lipinski definition) is 1. The zero-order valence-electron chi connectivity index (χ0n) is 12.8. The van der Waals surface area contributed by atoms with Gasteiger partial charge in [0.1, 0.15) is 5.82 Å². The number of piperidine rings is 1. The van der Waals surface area contributed by atoms with Gasteiger partial charge in [0.25, 0.3) is 0 Å². The monoisotopic (exact) mass is 279 g/mol. The van der Waals surface area contributed by atoms with Crippen LogP contribution < -0.4 is 10.6 Å². The molecule has 0 radical (unpaired) electrons. The lowest BCUT2D eigenvalue weighted by Gasteiger charge is -2.37. The second-order valence-corrected chi connectivity index (χ2v) is 6.17. The van der Waals surface area contributed by atoms with Crippen molar-refractivity contribution >= 4 is 5.69 Å². The molecule has 0 bridgehead atoms. The van der Waals surface area contributed by atoms with Gasteiger partial charge in [-0.3, -0.25) is 0 Å². The first-order chi connectivity index (χ1) is 9.47. The summed E-state index contributed by atoms with van der Waals surface area (Å²) < 4.78 is 14.3. The maximum Gasteiger partial charge on any atom is 0.146 e. The van der Waals surface area contributed by atoms with Crippen molar-refractivity contribution in [1.82, 2.24) is 4.90 Å². The van der Waals surface area contributed by atoms with Crippen molar-refractivity contribution in [2.75, 3.05) is 32.1 Å². The molecule has 1 aromatic rings. The first-order valence-electron chi connectivity index (χ1n) is 7.42. The molecule has 112 valence electrons. The van der Waals surface area contributed by atoms with Crippen LogP contribution in [0.25, 0.3) is 0 Å². The Bertz CT molecular complexity index is 445. The van der Waals surface area contributed by atoms with Gasteiger partial charge in [0.2, 0.25) is 0 Å². The van der Waals surface area contributed by atoms with Gasteiger partial charge in [0, 0.05) is 25.2 Å². The van der Waals surface area contributed by atoms with Crippen LogP contribution in [0.1, 0.15) is 25.3 Å². The molecule has 1 aromatic carbocycles. The van der Waals surface area contributed by atoms with E-state index in [2.05, 4.69) is 23.9 Å². The quantitative estimate of drug-likeness (QED) is 0.917. The molecule has 2 unspecified atom stereocenters. The Labute approximate surface area is 121 Å². The van der Waals surface area contributed by atoms with Crippen LogP contribution in [0.5, 0.6) is 0 Å². The molecule has 2 atom stereocenters. The molecule has 0 spiro atoms. The van der Waals surface area contributed by atoms with E-state index >= 15 is 0 Å². The van der Waals surface area contributed by atoms with Gasteiger partial charge in [0.05, 0.1) is 5.69 Å². The highest BCUT2D eigenvalue weighted by atomic mass is 19.1. The van der Waals surface area contributed by atoms with Crippen molar-refractivity contribution in [3.8, 4) is 0 Å². The molecule has 3 nitrogen and oxygen atoms in total. The highest BCUT2D eigenvalue weighted by molar-refractivity contribution is 5.50. The summed E-state index contributed by atoms with van der Waals surface area (Å²) in [6, 6.07) is 6.12. The average molecular weight is 279 g/mol. The lowest BCUT2D eigenvalue weighted by atomic mass is 10.0. The Morgan fingerprint density at radius 3 is 2.80 bits per heavy atom. The Morgan fingerprint density at radius 1 is 1.45 bits per heavy atom. The average Bonchev–Trinajstić information content (AvgIpc) is 2.38. The van der Waals surface area contributed by atoms with E-state index in [9.17, 15) is 4.39 Å². The fourth-order valence-corrected chi connectivity index (χ4v) is 2.90. The number of rotatable bonds is 4. The number of nitrogens with zero attached hydrogens (tertiary/aromatic N) is 2. The van der Waals surface area contributed by atoms with Crippen LogP contribution in [0.15, 0.2) is 18.2 Å². The van der Waals surface area contributed by atoms with Crippen LogP contribution in [0.4, 0.5) is 10.1 Å². The van der Waals surface area contributed by atoms with Crippen LogP contribution in [0.3, 0.4) is 0 Å². The van der Waals surface area contributed by atoms with Crippen molar-refractivity contribution in [2.45, 2.75) is 38.3 Å². The van der Waals surface area contributed by atoms with Crippen molar-refractivity contribution < 1.29 is 4.39 Å². The van der Waals surface area contributed by atoms with E-state index in [1.54, 1.807) is 6.07 Å². The Morgan fingerprint density at radius 2 is 2.20 bits per heavy atom. The summed E-state index contributed by atoms with van der Waals surface area (Å²) in [5, 5.41) is 0. The van der Waals surface area contributed by atoms with Crippen LogP contribution in [-0.2, 0) is 6.42 Å². The van der Waals surface area contributed by atoms with Gasteiger partial charge >= 0.3 is 0 Å². The normalized spacial score (nSPS) is 21.3. The van der Waals surface area contributed by atoms with E-state index in [4.69, 9.17) is 5.73 Å². The van der Waals surface area contributed by atoms with Crippen LogP contribution in [0, 0.1) is 5.82 Å². The first-order valence-corrected chi connectivity index (χ1v) is 7.42. The largest absolute Gasteiger partial charge is 0.368 e. The lowest BCUT2D eigenvalue weighted by Crippen LogP contribution is -2.45. The molecule has 1 aliphatic rings. The molecule has 0 saturated carbocycles. The lowest BCUT2D eigenvalue weighted by molar-refractivity contribution is 0.257. The molecular weight excluding hydrogens is 253 g/mol. The minimum atomic E-state index is -0.123. The van der Waals surface area contributed by atoms with Crippen LogP contribution in [0.2, 0.25) is 0 Å². The summed E-state index contributed by atoms with van der Waals surface area (Å²) in [6.45, 7) is 3.78.